The lowest BCUT2D eigenvalue weighted by Crippen LogP contribution is -2.32. The van der Waals surface area contributed by atoms with E-state index in [2.05, 4.69) is 10.6 Å². The van der Waals surface area contributed by atoms with Gasteiger partial charge in [-0.2, -0.15) is 0 Å². The number of likely N-dealkylation sites (N-methyl/N-ethyl adjacent to an activating group) is 1. The number of hydrogen-bond acceptors (Lipinski definition) is 3. The highest BCUT2D eigenvalue weighted by Gasteiger charge is 2.12. The Morgan fingerprint density at radius 1 is 1.00 bits per heavy atom. The second kappa shape index (κ2) is 9.53. The Hall–Kier alpha value is -2.37. The van der Waals surface area contributed by atoms with Crippen LogP contribution in [-0.2, 0) is 9.59 Å². The third-order valence-corrected chi connectivity index (χ3v) is 4.42. The zero-order valence-corrected chi connectivity index (χ0v) is 17.0. The lowest BCUT2D eigenvalue weighted by Gasteiger charge is -2.18. The lowest BCUT2D eigenvalue weighted by molar-refractivity contribution is -0.119. The minimum atomic E-state index is -0.116. The molecule has 0 atom stereocenters. The average molecular weight is 388 g/mol. The molecule has 2 aromatic carbocycles. The molecule has 0 bridgehead atoms. The van der Waals surface area contributed by atoms with Crippen LogP contribution in [0, 0.1) is 20.8 Å². The molecular formula is C21H26ClN3O2. The quantitative estimate of drug-likeness (QED) is 0.749. The molecule has 5 nitrogen and oxygen atoms in total. The highest BCUT2D eigenvalue weighted by Crippen LogP contribution is 2.21. The molecule has 0 saturated carbocycles. The van der Waals surface area contributed by atoms with E-state index in [9.17, 15) is 9.59 Å². The van der Waals surface area contributed by atoms with E-state index in [1.54, 1.807) is 24.3 Å². The summed E-state index contributed by atoms with van der Waals surface area (Å²) in [6.07, 6.45) is 0.291. The molecular weight excluding hydrogens is 362 g/mol. The van der Waals surface area contributed by atoms with Crippen LogP contribution in [0.15, 0.2) is 36.4 Å². The molecule has 0 fully saturated rings. The van der Waals surface area contributed by atoms with Crippen molar-refractivity contribution in [1.29, 1.82) is 0 Å². The van der Waals surface area contributed by atoms with Crippen molar-refractivity contribution in [3.05, 3.63) is 58.1 Å². The minimum Gasteiger partial charge on any atom is -0.326 e. The summed E-state index contributed by atoms with van der Waals surface area (Å²) in [5.74, 6) is -0.211. The molecule has 0 saturated heterocycles. The summed E-state index contributed by atoms with van der Waals surface area (Å²) in [6.45, 7) is 6.70. The smallest absolute Gasteiger partial charge is 0.238 e. The van der Waals surface area contributed by atoms with Crippen molar-refractivity contribution >= 4 is 34.8 Å². The number of benzene rings is 2. The van der Waals surface area contributed by atoms with Gasteiger partial charge in [-0.15, -0.1) is 0 Å². The molecule has 144 valence electrons. The average Bonchev–Trinajstić information content (AvgIpc) is 2.56. The molecule has 0 aliphatic rings. The molecule has 0 spiro atoms. The number of halogens is 1. The maximum absolute atomic E-state index is 12.3. The normalized spacial score (nSPS) is 10.7. The third kappa shape index (κ3) is 6.70. The Morgan fingerprint density at radius 2 is 1.67 bits per heavy atom. The second-order valence-electron chi connectivity index (χ2n) is 6.87. The SMILES string of the molecule is Cc1cc(C)c(NC(=O)CN(C)CCC(=O)Nc2cccc(Cl)c2)c(C)c1. The number of nitrogens with zero attached hydrogens (tertiary/aromatic N) is 1. The van der Waals surface area contributed by atoms with E-state index in [1.807, 2.05) is 44.9 Å². The first-order valence-corrected chi connectivity index (χ1v) is 9.24. The van der Waals surface area contributed by atoms with Gasteiger partial charge in [0.2, 0.25) is 11.8 Å². The van der Waals surface area contributed by atoms with Crippen molar-refractivity contribution in [3.8, 4) is 0 Å². The van der Waals surface area contributed by atoms with Crippen molar-refractivity contribution in [2.45, 2.75) is 27.2 Å². The van der Waals surface area contributed by atoms with Gasteiger partial charge in [0.1, 0.15) is 0 Å². The molecule has 2 amide bonds. The molecule has 0 aliphatic heterocycles. The van der Waals surface area contributed by atoms with Crippen molar-refractivity contribution in [2.24, 2.45) is 0 Å². The zero-order valence-electron chi connectivity index (χ0n) is 16.2. The first kappa shape index (κ1) is 20.9. The fourth-order valence-electron chi connectivity index (χ4n) is 2.96. The molecule has 0 heterocycles. The predicted octanol–water partition coefficient (Wildman–Crippen LogP) is 4.16. The van der Waals surface area contributed by atoms with Crippen LogP contribution in [0.5, 0.6) is 0 Å². The van der Waals surface area contributed by atoms with Crippen LogP contribution in [0.3, 0.4) is 0 Å². The van der Waals surface area contributed by atoms with E-state index in [0.717, 1.165) is 16.8 Å². The maximum Gasteiger partial charge on any atom is 0.238 e. The number of amides is 2. The van der Waals surface area contributed by atoms with Gasteiger partial charge in [0, 0.05) is 29.4 Å². The predicted molar refractivity (Wildman–Crippen MR) is 111 cm³/mol. The van der Waals surface area contributed by atoms with Gasteiger partial charge in [-0.25, -0.2) is 0 Å². The van der Waals surface area contributed by atoms with Gasteiger partial charge in [-0.3, -0.25) is 14.5 Å². The van der Waals surface area contributed by atoms with E-state index in [1.165, 1.54) is 5.56 Å². The zero-order chi connectivity index (χ0) is 20.0. The first-order chi connectivity index (χ1) is 12.7. The standard InChI is InChI=1S/C21H26ClN3O2/c1-14-10-15(2)21(16(3)11-14)24-20(27)13-25(4)9-8-19(26)23-18-7-5-6-17(22)12-18/h5-7,10-12H,8-9,13H2,1-4H3,(H,23,26)(H,24,27). The number of carbonyl (C=O) groups excluding carboxylic acids is 2. The lowest BCUT2D eigenvalue weighted by atomic mass is 10.1. The van der Waals surface area contributed by atoms with E-state index >= 15 is 0 Å². The Labute approximate surface area is 165 Å². The number of nitrogens with one attached hydrogen (secondary N) is 2. The molecule has 2 rings (SSSR count). The van der Waals surface area contributed by atoms with Crippen LogP contribution in [0.25, 0.3) is 0 Å². The Morgan fingerprint density at radius 3 is 2.30 bits per heavy atom. The van der Waals surface area contributed by atoms with Crippen molar-refractivity contribution < 1.29 is 9.59 Å². The fourth-order valence-corrected chi connectivity index (χ4v) is 3.15. The van der Waals surface area contributed by atoms with Gasteiger partial charge in [0.15, 0.2) is 0 Å². The minimum absolute atomic E-state index is 0.0946. The number of hydrogen-bond donors (Lipinski definition) is 2. The molecule has 6 heteroatoms. The monoisotopic (exact) mass is 387 g/mol. The number of carbonyl (C=O) groups is 2. The van der Waals surface area contributed by atoms with Gasteiger partial charge in [-0.1, -0.05) is 35.4 Å². The molecule has 2 aromatic rings. The van der Waals surface area contributed by atoms with Crippen LogP contribution >= 0.6 is 11.6 Å². The number of rotatable bonds is 7. The molecule has 0 unspecified atom stereocenters. The van der Waals surface area contributed by atoms with Crippen molar-refractivity contribution in [2.75, 3.05) is 30.8 Å². The number of aryl methyl sites for hydroxylation is 3. The molecule has 0 radical (unpaired) electrons. The molecule has 0 aliphatic carbocycles. The van der Waals surface area contributed by atoms with Gasteiger partial charge in [0.05, 0.1) is 6.54 Å². The molecule has 2 N–H and O–H groups in total. The van der Waals surface area contributed by atoms with Crippen LogP contribution in [-0.4, -0.2) is 36.9 Å². The summed E-state index contributed by atoms with van der Waals surface area (Å²) in [7, 11) is 1.82. The van der Waals surface area contributed by atoms with Gasteiger partial charge in [0.25, 0.3) is 0 Å². The van der Waals surface area contributed by atoms with E-state index in [0.29, 0.717) is 23.7 Å². The van der Waals surface area contributed by atoms with Gasteiger partial charge >= 0.3 is 0 Å². The Balaban J connectivity index is 1.80. The largest absolute Gasteiger partial charge is 0.326 e. The summed E-state index contributed by atoms with van der Waals surface area (Å²) in [5, 5.41) is 6.35. The first-order valence-electron chi connectivity index (χ1n) is 8.86. The van der Waals surface area contributed by atoms with Crippen molar-refractivity contribution in [3.63, 3.8) is 0 Å². The summed E-state index contributed by atoms with van der Waals surface area (Å²) >= 11 is 5.91. The second-order valence-corrected chi connectivity index (χ2v) is 7.30. The van der Waals surface area contributed by atoms with Gasteiger partial charge < -0.3 is 10.6 Å². The van der Waals surface area contributed by atoms with Crippen LogP contribution < -0.4 is 10.6 Å². The highest BCUT2D eigenvalue weighted by molar-refractivity contribution is 6.30. The molecule has 0 aromatic heterocycles. The van der Waals surface area contributed by atoms with E-state index < -0.39 is 0 Å². The van der Waals surface area contributed by atoms with Crippen LogP contribution in [0.2, 0.25) is 5.02 Å². The summed E-state index contributed by atoms with van der Waals surface area (Å²) in [4.78, 5) is 26.2. The summed E-state index contributed by atoms with van der Waals surface area (Å²) in [5.41, 5.74) is 4.79. The highest BCUT2D eigenvalue weighted by atomic mass is 35.5. The van der Waals surface area contributed by atoms with E-state index in [-0.39, 0.29) is 18.4 Å². The van der Waals surface area contributed by atoms with Crippen LogP contribution in [0.1, 0.15) is 23.1 Å². The summed E-state index contributed by atoms with van der Waals surface area (Å²) in [6, 6.07) is 11.1. The van der Waals surface area contributed by atoms with Crippen molar-refractivity contribution in [1.82, 2.24) is 4.90 Å². The van der Waals surface area contributed by atoms with Gasteiger partial charge in [-0.05, 0) is 57.1 Å². The molecule has 27 heavy (non-hydrogen) atoms. The Bertz CT molecular complexity index is 813. The Kier molecular flexibility index (Phi) is 7.39. The summed E-state index contributed by atoms with van der Waals surface area (Å²) < 4.78 is 0. The third-order valence-electron chi connectivity index (χ3n) is 4.18. The van der Waals surface area contributed by atoms with E-state index in [4.69, 9.17) is 11.6 Å². The topological polar surface area (TPSA) is 61.4 Å². The fraction of sp³-hybridized carbons (Fsp3) is 0.333. The number of anilines is 2. The van der Waals surface area contributed by atoms with Crippen LogP contribution in [0.4, 0.5) is 11.4 Å². The maximum atomic E-state index is 12.3.